The van der Waals surface area contributed by atoms with E-state index in [-0.39, 0.29) is 5.78 Å². The van der Waals surface area contributed by atoms with Crippen molar-refractivity contribution >= 4 is 17.4 Å². The van der Waals surface area contributed by atoms with Gasteiger partial charge in [-0.25, -0.2) is 4.98 Å². The molecule has 0 aliphatic rings. The van der Waals surface area contributed by atoms with Crippen LogP contribution in [0.15, 0.2) is 115 Å². The lowest BCUT2D eigenvalue weighted by Crippen LogP contribution is -2.12. The van der Waals surface area contributed by atoms with Crippen LogP contribution in [0.5, 0.6) is 0 Å². The predicted octanol–water partition coefficient (Wildman–Crippen LogP) is 6.82. The summed E-state index contributed by atoms with van der Waals surface area (Å²) in [4.78, 5) is 18.9. The molecule has 4 heteroatoms. The first-order valence-corrected chi connectivity index (χ1v) is 10.9. The minimum atomic E-state index is -0.0775. The smallest absolute Gasteiger partial charge is 0.213 e. The molecule has 0 spiro atoms. The number of hydrogen-bond donors (Lipinski definition) is 1. The Labute approximate surface area is 193 Å². The van der Waals surface area contributed by atoms with Crippen molar-refractivity contribution in [2.24, 2.45) is 0 Å². The Morgan fingerprint density at radius 2 is 1.30 bits per heavy atom. The zero-order valence-electron chi connectivity index (χ0n) is 18.3. The van der Waals surface area contributed by atoms with Gasteiger partial charge < -0.3 is 5.32 Å². The first kappa shape index (κ1) is 20.5. The molecule has 0 unspecified atom stereocenters. The molecule has 4 nitrogen and oxygen atoms in total. The summed E-state index contributed by atoms with van der Waals surface area (Å²) in [7, 11) is 0. The van der Waals surface area contributed by atoms with Crippen LogP contribution in [0, 0.1) is 6.92 Å². The van der Waals surface area contributed by atoms with E-state index in [1.54, 1.807) is 0 Å². The number of carbonyl (C=O) groups excluding carboxylic acids is 1. The summed E-state index contributed by atoms with van der Waals surface area (Å²) >= 11 is 0. The number of aromatic nitrogens is 2. The lowest BCUT2D eigenvalue weighted by molar-refractivity contribution is 0.103. The van der Waals surface area contributed by atoms with Gasteiger partial charge in [-0.2, -0.15) is 0 Å². The number of para-hydroxylation sites is 2. The molecule has 1 N–H and O–H groups in total. The molecular formula is C29H23N3O. The lowest BCUT2D eigenvalue weighted by atomic mass is 10.0. The summed E-state index contributed by atoms with van der Waals surface area (Å²) in [6.07, 6.45) is 0. The zero-order chi connectivity index (χ0) is 22.6. The molecule has 0 amide bonds. The number of aryl methyl sites for hydroxylation is 1. The van der Waals surface area contributed by atoms with E-state index in [4.69, 9.17) is 4.98 Å². The van der Waals surface area contributed by atoms with Crippen molar-refractivity contribution in [2.75, 3.05) is 5.32 Å². The van der Waals surface area contributed by atoms with Gasteiger partial charge in [0, 0.05) is 22.5 Å². The second-order valence-electron chi connectivity index (χ2n) is 7.86. The fraction of sp³-hybridized carbons (Fsp3) is 0.0345. The highest BCUT2D eigenvalue weighted by molar-refractivity contribution is 6.12. The van der Waals surface area contributed by atoms with E-state index in [1.807, 2.05) is 127 Å². The van der Waals surface area contributed by atoms with Crippen molar-refractivity contribution in [3.05, 3.63) is 132 Å². The molecule has 0 saturated carbocycles. The van der Waals surface area contributed by atoms with Crippen molar-refractivity contribution in [1.82, 2.24) is 9.55 Å². The van der Waals surface area contributed by atoms with Gasteiger partial charge in [0.05, 0.1) is 0 Å². The summed E-state index contributed by atoms with van der Waals surface area (Å²) in [5, 5.41) is 3.42. The molecule has 0 aliphatic heterocycles. The second kappa shape index (κ2) is 8.97. The average molecular weight is 430 g/mol. The molecule has 0 aliphatic carbocycles. The fourth-order valence-corrected chi connectivity index (χ4v) is 3.83. The van der Waals surface area contributed by atoms with Crippen LogP contribution >= 0.6 is 0 Å². The Kier molecular flexibility index (Phi) is 5.56. The maximum atomic E-state index is 13.9. The van der Waals surface area contributed by atoms with Crippen LogP contribution in [0.25, 0.3) is 16.9 Å². The third-order valence-electron chi connectivity index (χ3n) is 5.50. The third kappa shape index (κ3) is 4.19. The van der Waals surface area contributed by atoms with Gasteiger partial charge >= 0.3 is 0 Å². The van der Waals surface area contributed by atoms with Crippen LogP contribution in [0.4, 0.5) is 11.6 Å². The van der Waals surface area contributed by atoms with Gasteiger partial charge in [-0.15, -0.1) is 0 Å². The lowest BCUT2D eigenvalue weighted by Gasteiger charge is -2.13. The van der Waals surface area contributed by atoms with E-state index in [0.717, 1.165) is 22.5 Å². The Morgan fingerprint density at radius 3 is 1.94 bits per heavy atom. The first-order chi connectivity index (χ1) is 16.2. The maximum absolute atomic E-state index is 13.9. The number of rotatable bonds is 6. The molecule has 1 aromatic heterocycles. The van der Waals surface area contributed by atoms with Gasteiger partial charge in [-0.05, 0) is 31.2 Å². The molecule has 5 rings (SSSR count). The molecule has 0 saturated heterocycles. The van der Waals surface area contributed by atoms with Crippen LogP contribution in [-0.2, 0) is 0 Å². The van der Waals surface area contributed by atoms with E-state index in [2.05, 4.69) is 5.32 Å². The van der Waals surface area contributed by atoms with Crippen LogP contribution in [0.1, 0.15) is 21.6 Å². The third-order valence-corrected chi connectivity index (χ3v) is 5.50. The molecule has 0 bridgehead atoms. The van der Waals surface area contributed by atoms with E-state index < -0.39 is 0 Å². The normalized spacial score (nSPS) is 10.7. The standard InChI is InChI=1S/C29H23N3O/c1-21-17-19-23(20-18-21)28(33)27-26(22-11-5-2-6-12-22)31-29(30-24-13-7-3-8-14-24)32(27)25-15-9-4-10-16-25/h2-20H,1H3,(H,30,31). The first-order valence-electron chi connectivity index (χ1n) is 10.9. The molecule has 5 aromatic rings. The number of nitrogens with one attached hydrogen (secondary N) is 1. The average Bonchev–Trinajstić information content (AvgIpc) is 3.25. The quantitative estimate of drug-likeness (QED) is 0.301. The summed E-state index contributed by atoms with van der Waals surface area (Å²) in [5.74, 6) is 0.507. The highest BCUT2D eigenvalue weighted by atomic mass is 16.1. The van der Waals surface area contributed by atoms with E-state index in [9.17, 15) is 4.79 Å². The van der Waals surface area contributed by atoms with Gasteiger partial charge in [0.1, 0.15) is 11.4 Å². The summed E-state index contributed by atoms with van der Waals surface area (Å²) < 4.78 is 1.91. The Bertz CT molecular complexity index is 1370. The van der Waals surface area contributed by atoms with Crippen molar-refractivity contribution in [2.45, 2.75) is 6.92 Å². The van der Waals surface area contributed by atoms with Crippen molar-refractivity contribution in [3.63, 3.8) is 0 Å². The van der Waals surface area contributed by atoms with Crippen LogP contribution in [0.2, 0.25) is 0 Å². The van der Waals surface area contributed by atoms with E-state index in [1.165, 1.54) is 0 Å². The van der Waals surface area contributed by atoms with E-state index >= 15 is 0 Å². The Morgan fingerprint density at radius 1 is 0.727 bits per heavy atom. The largest absolute Gasteiger partial charge is 0.325 e. The molecule has 0 fully saturated rings. The number of ketones is 1. The highest BCUT2D eigenvalue weighted by Gasteiger charge is 2.26. The van der Waals surface area contributed by atoms with Crippen molar-refractivity contribution < 1.29 is 4.79 Å². The Balaban J connectivity index is 1.77. The van der Waals surface area contributed by atoms with Gasteiger partial charge in [0.25, 0.3) is 0 Å². The fourth-order valence-electron chi connectivity index (χ4n) is 3.83. The minimum absolute atomic E-state index is 0.0775. The van der Waals surface area contributed by atoms with Crippen LogP contribution in [0.3, 0.4) is 0 Å². The van der Waals surface area contributed by atoms with Crippen LogP contribution in [-0.4, -0.2) is 15.3 Å². The number of benzene rings is 4. The molecule has 1 heterocycles. The van der Waals surface area contributed by atoms with Crippen molar-refractivity contribution in [1.29, 1.82) is 0 Å². The Hall–Kier alpha value is -4.44. The predicted molar refractivity (Wildman–Crippen MR) is 133 cm³/mol. The molecule has 0 radical (unpaired) electrons. The topological polar surface area (TPSA) is 46.9 Å². The summed E-state index contributed by atoms with van der Waals surface area (Å²) in [6.45, 7) is 2.01. The SMILES string of the molecule is Cc1ccc(C(=O)c2c(-c3ccccc3)nc(Nc3ccccc3)n2-c2ccccc2)cc1. The van der Waals surface area contributed by atoms with Gasteiger partial charge in [-0.3, -0.25) is 9.36 Å². The highest BCUT2D eigenvalue weighted by Crippen LogP contribution is 2.32. The molecule has 160 valence electrons. The monoisotopic (exact) mass is 429 g/mol. The number of carbonyl (C=O) groups is 1. The molecular weight excluding hydrogens is 406 g/mol. The summed E-state index contributed by atoms with van der Waals surface area (Å²) in [6, 6.07) is 37.2. The van der Waals surface area contributed by atoms with Crippen molar-refractivity contribution in [3.8, 4) is 16.9 Å². The molecule has 33 heavy (non-hydrogen) atoms. The number of nitrogens with zero attached hydrogens (tertiary/aromatic N) is 2. The van der Waals surface area contributed by atoms with Gasteiger partial charge in [0.2, 0.25) is 11.7 Å². The maximum Gasteiger partial charge on any atom is 0.213 e. The van der Waals surface area contributed by atoms with Gasteiger partial charge in [0.15, 0.2) is 0 Å². The number of imidazole rings is 1. The van der Waals surface area contributed by atoms with Gasteiger partial charge in [-0.1, -0.05) is 96.6 Å². The minimum Gasteiger partial charge on any atom is -0.325 e. The molecule has 4 aromatic carbocycles. The summed E-state index contributed by atoms with van der Waals surface area (Å²) in [5.41, 5.74) is 5.55. The second-order valence-corrected chi connectivity index (χ2v) is 7.86. The van der Waals surface area contributed by atoms with E-state index in [0.29, 0.717) is 22.9 Å². The van der Waals surface area contributed by atoms with Crippen LogP contribution < -0.4 is 5.32 Å². The molecule has 0 atom stereocenters. The number of hydrogen-bond acceptors (Lipinski definition) is 3. The number of anilines is 2. The zero-order valence-corrected chi connectivity index (χ0v) is 18.3.